The summed E-state index contributed by atoms with van der Waals surface area (Å²) in [5.74, 6) is 1.66. The average Bonchev–Trinajstić information content (AvgIpc) is 2.37. The van der Waals surface area contributed by atoms with Crippen LogP contribution in [0.5, 0.6) is 0 Å². The first-order chi connectivity index (χ1) is 8.58. The molecule has 2 rings (SSSR count). The standard InChI is InChI=1S/C15H30N2O/c1-12-7-13(2)10-17(9-12)14-5-4-6-15(8-14,11-18)16-3/h12-14,16,18H,4-11H2,1-3H3. The Morgan fingerprint density at radius 1 is 1.28 bits per heavy atom. The topological polar surface area (TPSA) is 35.5 Å². The van der Waals surface area contributed by atoms with Gasteiger partial charge in [0.2, 0.25) is 0 Å². The van der Waals surface area contributed by atoms with Crippen LogP contribution < -0.4 is 5.32 Å². The number of likely N-dealkylation sites (N-methyl/N-ethyl adjacent to an activating group) is 1. The van der Waals surface area contributed by atoms with Crippen LogP contribution in [-0.4, -0.2) is 48.3 Å². The molecule has 0 aromatic carbocycles. The Labute approximate surface area is 112 Å². The molecular formula is C15H30N2O. The molecule has 3 heteroatoms. The molecule has 2 fully saturated rings. The molecule has 2 aliphatic rings. The zero-order valence-corrected chi connectivity index (χ0v) is 12.3. The van der Waals surface area contributed by atoms with E-state index >= 15 is 0 Å². The number of hydrogen-bond acceptors (Lipinski definition) is 3. The normalized spacial score (nSPS) is 43.0. The Kier molecular flexibility index (Phi) is 4.68. The maximum absolute atomic E-state index is 9.68. The molecule has 1 aliphatic carbocycles. The van der Waals surface area contributed by atoms with Crippen LogP contribution in [0.15, 0.2) is 0 Å². The van der Waals surface area contributed by atoms with E-state index < -0.39 is 0 Å². The van der Waals surface area contributed by atoms with E-state index in [0.717, 1.165) is 24.7 Å². The molecule has 0 aromatic heterocycles. The Morgan fingerprint density at radius 3 is 2.50 bits per heavy atom. The first-order valence-corrected chi connectivity index (χ1v) is 7.62. The molecule has 1 saturated carbocycles. The summed E-state index contributed by atoms with van der Waals surface area (Å²) in [6, 6.07) is 0.670. The number of nitrogens with one attached hydrogen (secondary N) is 1. The third kappa shape index (κ3) is 3.06. The van der Waals surface area contributed by atoms with Crippen molar-refractivity contribution in [2.24, 2.45) is 11.8 Å². The van der Waals surface area contributed by atoms with Gasteiger partial charge in [-0.2, -0.15) is 0 Å². The molecule has 3 nitrogen and oxygen atoms in total. The Balaban J connectivity index is 1.99. The van der Waals surface area contributed by atoms with Gasteiger partial charge < -0.3 is 10.4 Å². The minimum atomic E-state index is -0.0210. The van der Waals surface area contributed by atoms with Crippen LogP contribution in [0.3, 0.4) is 0 Å². The van der Waals surface area contributed by atoms with Crippen molar-refractivity contribution in [2.75, 3.05) is 26.7 Å². The summed E-state index contributed by atoms with van der Waals surface area (Å²) in [6.45, 7) is 7.53. The number of hydrogen-bond donors (Lipinski definition) is 2. The highest BCUT2D eigenvalue weighted by molar-refractivity contribution is 4.96. The number of piperidine rings is 1. The lowest BCUT2D eigenvalue weighted by Crippen LogP contribution is -2.56. The van der Waals surface area contributed by atoms with Gasteiger partial charge in [-0.15, -0.1) is 0 Å². The zero-order valence-electron chi connectivity index (χ0n) is 12.3. The SMILES string of the molecule is CNC1(CO)CCCC(N2CC(C)CC(C)C2)C1. The van der Waals surface area contributed by atoms with E-state index in [9.17, 15) is 5.11 Å². The Morgan fingerprint density at radius 2 is 1.94 bits per heavy atom. The van der Waals surface area contributed by atoms with Crippen LogP contribution in [0.25, 0.3) is 0 Å². The lowest BCUT2D eigenvalue weighted by Gasteiger charge is -2.47. The summed E-state index contributed by atoms with van der Waals surface area (Å²) in [7, 11) is 2.00. The molecule has 106 valence electrons. The Bertz CT molecular complexity index is 255. The van der Waals surface area contributed by atoms with Gasteiger partial charge in [-0.05, 0) is 51.0 Å². The van der Waals surface area contributed by atoms with Crippen LogP contribution in [0.1, 0.15) is 46.0 Å². The molecule has 18 heavy (non-hydrogen) atoms. The minimum absolute atomic E-state index is 0.0210. The van der Waals surface area contributed by atoms with Crippen molar-refractivity contribution in [1.82, 2.24) is 10.2 Å². The van der Waals surface area contributed by atoms with Gasteiger partial charge in [0, 0.05) is 24.7 Å². The molecule has 0 amide bonds. The molecule has 4 unspecified atom stereocenters. The Hall–Kier alpha value is -0.120. The van der Waals surface area contributed by atoms with Crippen molar-refractivity contribution in [2.45, 2.75) is 57.5 Å². The fraction of sp³-hybridized carbons (Fsp3) is 1.00. The van der Waals surface area contributed by atoms with Gasteiger partial charge in [0.15, 0.2) is 0 Å². The lowest BCUT2D eigenvalue weighted by molar-refractivity contribution is 0.0305. The molecule has 4 atom stereocenters. The fourth-order valence-corrected chi connectivity index (χ4v) is 4.10. The van der Waals surface area contributed by atoms with Gasteiger partial charge in [0.25, 0.3) is 0 Å². The minimum Gasteiger partial charge on any atom is -0.394 e. The van der Waals surface area contributed by atoms with Gasteiger partial charge >= 0.3 is 0 Å². The van der Waals surface area contributed by atoms with Gasteiger partial charge in [0.05, 0.1) is 6.61 Å². The summed E-state index contributed by atoms with van der Waals surface area (Å²) in [4.78, 5) is 2.69. The third-order valence-corrected chi connectivity index (χ3v) is 5.07. The number of rotatable bonds is 3. The van der Waals surface area contributed by atoms with Crippen LogP contribution in [0.4, 0.5) is 0 Å². The smallest absolute Gasteiger partial charge is 0.0613 e. The molecule has 0 radical (unpaired) electrons. The van der Waals surface area contributed by atoms with Crippen molar-refractivity contribution in [3.63, 3.8) is 0 Å². The van der Waals surface area contributed by atoms with Crippen molar-refractivity contribution in [1.29, 1.82) is 0 Å². The molecule has 2 N–H and O–H groups in total. The summed E-state index contributed by atoms with van der Waals surface area (Å²) in [5.41, 5.74) is -0.0210. The van der Waals surface area contributed by atoms with Crippen LogP contribution in [0, 0.1) is 11.8 Å². The van der Waals surface area contributed by atoms with Crippen molar-refractivity contribution in [3.05, 3.63) is 0 Å². The van der Waals surface area contributed by atoms with E-state index in [1.807, 2.05) is 7.05 Å². The van der Waals surface area contributed by atoms with E-state index in [4.69, 9.17) is 0 Å². The maximum Gasteiger partial charge on any atom is 0.0613 e. The van der Waals surface area contributed by atoms with Crippen LogP contribution in [0.2, 0.25) is 0 Å². The molecule has 1 aliphatic heterocycles. The van der Waals surface area contributed by atoms with Crippen LogP contribution in [-0.2, 0) is 0 Å². The predicted octanol–water partition coefficient (Wildman–Crippen LogP) is 1.86. The second kappa shape index (κ2) is 5.89. The highest BCUT2D eigenvalue weighted by atomic mass is 16.3. The third-order valence-electron chi connectivity index (χ3n) is 5.07. The lowest BCUT2D eigenvalue weighted by atomic mass is 9.77. The summed E-state index contributed by atoms with van der Waals surface area (Å²) >= 11 is 0. The molecule has 1 heterocycles. The highest BCUT2D eigenvalue weighted by Gasteiger charge is 2.38. The van der Waals surface area contributed by atoms with E-state index in [1.54, 1.807) is 0 Å². The second-order valence-electron chi connectivity index (χ2n) is 6.84. The predicted molar refractivity (Wildman–Crippen MR) is 75.7 cm³/mol. The summed E-state index contributed by atoms with van der Waals surface area (Å²) in [5, 5.41) is 13.1. The number of nitrogens with zero attached hydrogens (tertiary/aromatic N) is 1. The van der Waals surface area contributed by atoms with Gasteiger partial charge in [-0.25, -0.2) is 0 Å². The van der Waals surface area contributed by atoms with Gasteiger partial charge in [-0.1, -0.05) is 13.8 Å². The first kappa shape index (κ1) is 14.3. The molecular weight excluding hydrogens is 224 g/mol. The van der Waals surface area contributed by atoms with Gasteiger partial charge in [-0.3, -0.25) is 4.90 Å². The van der Waals surface area contributed by atoms with Crippen molar-refractivity contribution >= 4 is 0 Å². The quantitative estimate of drug-likeness (QED) is 0.807. The molecule has 0 aromatic rings. The monoisotopic (exact) mass is 254 g/mol. The van der Waals surface area contributed by atoms with E-state index in [0.29, 0.717) is 6.04 Å². The van der Waals surface area contributed by atoms with Gasteiger partial charge in [0.1, 0.15) is 0 Å². The largest absolute Gasteiger partial charge is 0.394 e. The molecule has 1 saturated heterocycles. The zero-order chi connectivity index (χ0) is 13.2. The van der Waals surface area contributed by atoms with Crippen molar-refractivity contribution < 1.29 is 5.11 Å². The highest BCUT2D eigenvalue weighted by Crippen LogP contribution is 2.33. The number of aliphatic hydroxyl groups is 1. The fourth-order valence-electron chi connectivity index (χ4n) is 4.10. The summed E-state index contributed by atoms with van der Waals surface area (Å²) < 4.78 is 0. The van der Waals surface area contributed by atoms with E-state index in [1.165, 1.54) is 32.4 Å². The summed E-state index contributed by atoms with van der Waals surface area (Å²) in [6.07, 6.45) is 6.16. The van der Waals surface area contributed by atoms with E-state index in [2.05, 4.69) is 24.1 Å². The number of aliphatic hydroxyl groups excluding tert-OH is 1. The average molecular weight is 254 g/mol. The first-order valence-electron chi connectivity index (χ1n) is 7.62. The number of likely N-dealkylation sites (tertiary alicyclic amines) is 1. The molecule has 0 bridgehead atoms. The van der Waals surface area contributed by atoms with Crippen molar-refractivity contribution in [3.8, 4) is 0 Å². The van der Waals surface area contributed by atoms with Crippen LogP contribution >= 0.6 is 0 Å². The molecule has 0 spiro atoms. The van der Waals surface area contributed by atoms with E-state index in [-0.39, 0.29) is 12.1 Å². The maximum atomic E-state index is 9.68. The second-order valence-corrected chi connectivity index (χ2v) is 6.84.